The Labute approximate surface area is 168 Å². The molecule has 8 heteroatoms. The molecule has 28 heavy (non-hydrogen) atoms. The molecular formula is C20H24N4O3S. The first kappa shape index (κ1) is 20.4. The number of thioether (sulfide) groups is 1. The van der Waals surface area contributed by atoms with Crippen LogP contribution in [0.2, 0.25) is 0 Å². The number of aromatic nitrogens is 2. The number of para-hydroxylation sites is 1. The Hall–Kier alpha value is -2.34. The molecule has 0 bridgehead atoms. The molecule has 1 aromatic heterocycles. The first-order valence-corrected chi connectivity index (χ1v) is 10.3. The molecule has 0 unspecified atom stereocenters. The molecule has 1 aliphatic rings. The minimum absolute atomic E-state index is 0.0703. The Morgan fingerprint density at radius 2 is 2.07 bits per heavy atom. The Morgan fingerprint density at radius 3 is 2.86 bits per heavy atom. The van der Waals surface area contributed by atoms with E-state index in [1.54, 1.807) is 10.6 Å². The van der Waals surface area contributed by atoms with Gasteiger partial charge >= 0.3 is 0 Å². The van der Waals surface area contributed by atoms with Crippen LogP contribution < -0.4 is 10.9 Å². The van der Waals surface area contributed by atoms with Crippen LogP contribution in [0.1, 0.15) is 6.42 Å². The topological polar surface area (TPSA) is 76.5 Å². The van der Waals surface area contributed by atoms with Gasteiger partial charge in [0.1, 0.15) is 0 Å². The smallest absolute Gasteiger partial charge is 0.262 e. The number of benzene rings is 1. The van der Waals surface area contributed by atoms with Gasteiger partial charge < -0.3 is 10.1 Å². The number of carbonyl (C=O) groups is 1. The maximum Gasteiger partial charge on any atom is 0.262 e. The van der Waals surface area contributed by atoms with E-state index < -0.39 is 0 Å². The summed E-state index contributed by atoms with van der Waals surface area (Å²) in [5, 5.41) is 3.78. The molecular weight excluding hydrogens is 376 g/mol. The van der Waals surface area contributed by atoms with Crippen molar-refractivity contribution in [2.75, 3.05) is 45.1 Å². The second kappa shape index (κ2) is 10.3. The number of hydrogen-bond acceptors (Lipinski definition) is 6. The van der Waals surface area contributed by atoms with Gasteiger partial charge in [0.2, 0.25) is 5.91 Å². The highest BCUT2D eigenvalue weighted by Crippen LogP contribution is 2.18. The van der Waals surface area contributed by atoms with Gasteiger partial charge in [-0.25, -0.2) is 4.98 Å². The molecule has 3 rings (SSSR count). The fraction of sp³-hybridized carbons (Fsp3) is 0.450. The van der Waals surface area contributed by atoms with Crippen molar-refractivity contribution in [3.8, 4) is 12.3 Å². The molecule has 1 saturated heterocycles. The number of nitrogens with one attached hydrogen (secondary N) is 1. The highest BCUT2D eigenvalue weighted by Gasteiger charge is 2.14. The Balaban J connectivity index is 1.75. The van der Waals surface area contributed by atoms with E-state index >= 15 is 0 Å². The van der Waals surface area contributed by atoms with Gasteiger partial charge in [-0.1, -0.05) is 29.8 Å². The number of morpholine rings is 1. The molecule has 0 atom stereocenters. The van der Waals surface area contributed by atoms with Gasteiger partial charge in [-0.3, -0.25) is 19.1 Å². The van der Waals surface area contributed by atoms with Gasteiger partial charge in [0.05, 0.1) is 36.4 Å². The Bertz CT molecular complexity index is 916. The van der Waals surface area contributed by atoms with Crippen molar-refractivity contribution in [2.24, 2.45) is 0 Å². The highest BCUT2D eigenvalue weighted by atomic mass is 32.2. The maximum absolute atomic E-state index is 13.0. The van der Waals surface area contributed by atoms with E-state index in [2.05, 4.69) is 21.1 Å². The first-order valence-electron chi connectivity index (χ1n) is 9.31. The van der Waals surface area contributed by atoms with Crippen LogP contribution in [-0.2, 0) is 16.1 Å². The van der Waals surface area contributed by atoms with Crippen LogP contribution in [0.5, 0.6) is 0 Å². The average Bonchev–Trinajstić information content (AvgIpc) is 2.73. The van der Waals surface area contributed by atoms with Crippen molar-refractivity contribution in [3.63, 3.8) is 0 Å². The summed E-state index contributed by atoms with van der Waals surface area (Å²) in [6.45, 7) is 5.00. The normalized spacial score (nSPS) is 14.7. The van der Waals surface area contributed by atoms with E-state index in [-0.39, 0.29) is 23.8 Å². The average molecular weight is 401 g/mol. The van der Waals surface area contributed by atoms with E-state index in [1.165, 1.54) is 11.8 Å². The van der Waals surface area contributed by atoms with E-state index in [9.17, 15) is 9.59 Å². The summed E-state index contributed by atoms with van der Waals surface area (Å²) in [4.78, 5) is 31.9. The third kappa shape index (κ3) is 5.35. The lowest BCUT2D eigenvalue weighted by atomic mass is 10.2. The van der Waals surface area contributed by atoms with Crippen molar-refractivity contribution in [1.29, 1.82) is 0 Å². The number of nitrogens with zero attached hydrogens (tertiary/aromatic N) is 3. The van der Waals surface area contributed by atoms with Gasteiger partial charge in [0, 0.05) is 26.2 Å². The van der Waals surface area contributed by atoms with Crippen LogP contribution in [0, 0.1) is 12.3 Å². The summed E-state index contributed by atoms with van der Waals surface area (Å²) >= 11 is 1.26. The molecule has 1 aromatic carbocycles. The molecule has 0 aliphatic carbocycles. The lowest BCUT2D eigenvalue weighted by Crippen LogP contribution is -2.37. The van der Waals surface area contributed by atoms with E-state index in [0.717, 1.165) is 39.3 Å². The fourth-order valence-corrected chi connectivity index (χ4v) is 3.92. The summed E-state index contributed by atoms with van der Waals surface area (Å²) in [6, 6.07) is 7.30. The number of fused-ring (bicyclic) bond motifs is 1. The molecule has 1 amide bonds. The largest absolute Gasteiger partial charge is 0.379 e. The molecule has 148 valence electrons. The first-order chi connectivity index (χ1) is 13.7. The summed E-state index contributed by atoms with van der Waals surface area (Å²) < 4.78 is 7.06. The Kier molecular flexibility index (Phi) is 7.48. The van der Waals surface area contributed by atoms with Crippen molar-refractivity contribution in [2.45, 2.75) is 18.1 Å². The quantitative estimate of drug-likeness (QED) is 0.404. The molecule has 2 heterocycles. The van der Waals surface area contributed by atoms with E-state index in [4.69, 9.17) is 11.2 Å². The van der Waals surface area contributed by atoms with Gasteiger partial charge in [-0.15, -0.1) is 6.42 Å². The Morgan fingerprint density at radius 1 is 1.29 bits per heavy atom. The van der Waals surface area contributed by atoms with Crippen LogP contribution in [0.3, 0.4) is 0 Å². The number of carbonyl (C=O) groups excluding carboxylic acids is 1. The van der Waals surface area contributed by atoms with Gasteiger partial charge in [-0.05, 0) is 18.6 Å². The van der Waals surface area contributed by atoms with Crippen molar-refractivity contribution in [3.05, 3.63) is 34.6 Å². The van der Waals surface area contributed by atoms with Crippen LogP contribution in [0.25, 0.3) is 10.9 Å². The van der Waals surface area contributed by atoms with Crippen molar-refractivity contribution < 1.29 is 9.53 Å². The summed E-state index contributed by atoms with van der Waals surface area (Å²) in [5.74, 6) is 2.36. The molecule has 2 aromatic rings. The van der Waals surface area contributed by atoms with E-state index in [0.29, 0.717) is 22.6 Å². The number of amides is 1. The molecule has 0 radical (unpaired) electrons. The monoisotopic (exact) mass is 400 g/mol. The predicted molar refractivity (Wildman–Crippen MR) is 110 cm³/mol. The number of rotatable bonds is 8. The highest BCUT2D eigenvalue weighted by molar-refractivity contribution is 7.99. The maximum atomic E-state index is 13.0. The summed E-state index contributed by atoms with van der Waals surface area (Å²) in [5.41, 5.74) is 0.572. The zero-order valence-corrected chi connectivity index (χ0v) is 16.5. The lowest BCUT2D eigenvalue weighted by molar-refractivity contribution is -0.118. The third-order valence-electron chi connectivity index (χ3n) is 4.51. The van der Waals surface area contributed by atoms with Crippen molar-refractivity contribution in [1.82, 2.24) is 19.8 Å². The number of hydrogen-bond donors (Lipinski definition) is 1. The number of terminal acetylenes is 1. The minimum atomic E-state index is -0.176. The summed E-state index contributed by atoms with van der Waals surface area (Å²) in [7, 11) is 0. The fourth-order valence-electron chi connectivity index (χ4n) is 3.06. The SMILES string of the molecule is C#CCNC(=O)CSc1nc2ccccc2c(=O)n1CCCN1CCOCC1. The second-order valence-corrected chi connectivity index (χ2v) is 7.39. The van der Waals surface area contributed by atoms with Crippen LogP contribution in [-0.4, -0.2) is 65.5 Å². The van der Waals surface area contributed by atoms with Gasteiger partial charge in [0.15, 0.2) is 5.16 Å². The summed E-state index contributed by atoms with van der Waals surface area (Å²) in [6.07, 6.45) is 6.00. The predicted octanol–water partition coefficient (Wildman–Crippen LogP) is 0.960. The molecule has 0 spiro atoms. The molecule has 1 fully saturated rings. The zero-order valence-electron chi connectivity index (χ0n) is 15.7. The third-order valence-corrected chi connectivity index (χ3v) is 5.48. The van der Waals surface area contributed by atoms with Gasteiger partial charge in [-0.2, -0.15) is 0 Å². The van der Waals surface area contributed by atoms with Crippen molar-refractivity contribution >= 4 is 28.6 Å². The molecule has 0 saturated carbocycles. The van der Waals surface area contributed by atoms with Crippen LogP contribution >= 0.6 is 11.8 Å². The molecule has 7 nitrogen and oxygen atoms in total. The van der Waals surface area contributed by atoms with Gasteiger partial charge in [0.25, 0.3) is 5.56 Å². The van der Waals surface area contributed by atoms with Crippen LogP contribution in [0.4, 0.5) is 0 Å². The lowest BCUT2D eigenvalue weighted by Gasteiger charge is -2.26. The zero-order chi connectivity index (χ0) is 19.8. The minimum Gasteiger partial charge on any atom is -0.379 e. The van der Waals surface area contributed by atoms with Crippen LogP contribution in [0.15, 0.2) is 34.2 Å². The van der Waals surface area contributed by atoms with E-state index in [1.807, 2.05) is 18.2 Å². The molecule has 1 N–H and O–H groups in total. The second-order valence-electron chi connectivity index (χ2n) is 6.45. The number of ether oxygens (including phenoxy) is 1. The molecule has 1 aliphatic heterocycles. The standard InChI is InChI=1S/C20H24N4O3S/c1-2-8-21-18(25)15-28-20-22-17-7-4-3-6-16(17)19(26)24(20)10-5-9-23-11-13-27-14-12-23/h1,3-4,6-7H,5,8-15H2,(H,21,25).